The zero-order valence-electron chi connectivity index (χ0n) is 17.4. The molecule has 0 radical (unpaired) electrons. The van der Waals surface area contributed by atoms with Gasteiger partial charge in [0.2, 0.25) is 5.91 Å². The van der Waals surface area contributed by atoms with Gasteiger partial charge in [-0.1, -0.05) is 66.0 Å². The first kappa shape index (κ1) is 21.4. The first-order valence-electron chi connectivity index (χ1n) is 10.3. The van der Waals surface area contributed by atoms with Crippen molar-refractivity contribution in [1.29, 1.82) is 0 Å². The van der Waals surface area contributed by atoms with Gasteiger partial charge in [0.25, 0.3) is 5.56 Å². The summed E-state index contributed by atoms with van der Waals surface area (Å²) in [5.41, 5.74) is 1.94. The molecule has 0 unspecified atom stereocenters. The molecule has 1 N–H and O–H groups in total. The number of ether oxygens (including phenoxy) is 1. The molecule has 0 fully saturated rings. The minimum Gasteiger partial charge on any atom is -0.487 e. The fourth-order valence-electron chi connectivity index (χ4n) is 3.47. The van der Waals surface area contributed by atoms with Crippen LogP contribution >= 0.6 is 23.5 Å². The molecule has 8 heteroatoms. The molecular formula is C25H19N3O3S2. The zero-order valence-corrected chi connectivity index (χ0v) is 19.1. The number of H-pyrrole nitrogens is 1. The Bertz CT molecular complexity index is 1310. The fourth-order valence-corrected chi connectivity index (χ4v) is 5.27. The number of nitrogens with one attached hydrogen (secondary N) is 1. The third-order valence-electron chi connectivity index (χ3n) is 4.92. The fraction of sp³-hybridized carbons (Fsp3) is 0.0800. The van der Waals surface area contributed by atoms with Crippen LogP contribution in [0.5, 0.6) is 5.75 Å². The summed E-state index contributed by atoms with van der Waals surface area (Å²) in [4.78, 5) is 36.4. The van der Waals surface area contributed by atoms with Crippen molar-refractivity contribution >= 4 is 40.8 Å². The number of nitrogens with zero attached hydrogens (tertiary/aromatic N) is 2. The van der Waals surface area contributed by atoms with Crippen molar-refractivity contribution in [2.45, 2.75) is 21.6 Å². The van der Waals surface area contributed by atoms with Crippen LogP contribution in [0, 0.1) is 0 Å². The van der Waals surface area contributed by atoms with Crippen LogP contribution in [0.25, 0.3) is 0 Å². The number of anilines is 2. The van der Waals surface area contributed by atoms with E-state index in [4.69, 9.17) is 4.74 Å². The zero-order chi connectivity index (χ0) is 22.6. The molecule has 1 amide bonds. The van der Waals surface area contributed by atoms with E-state index in [1.54, 1.807) is 16.7 Å². The van der Waals surface area contributed by atoms with Gasteiger partial charge in [0.15, 0.2) is 5.16 Å². The first-order valence-corrected chi connectivity index (χ1v) is 12.1. The van der Waals surface area contributed by atoms with Crippen LogP contribution in [0.2, 0.25) is 0 Å². The van der Waals surface area contributed by atoms with Crippen LogP contribution in [0.4, 0.5) is 11.4 Å². The summed E-state index contributed by atoms with van der Waals surface area (Å²) in [6.07, 6.45) is 0. The second-order valence-corrected chi connectivity index (χ2v) is 9.25. The number of aromatic amines is 1. The number of carbonyl (C=O) groups excluding carboxylic acids is 1. The standard InChI is InChI=1S/C25H19N3O3S2/c29-23-14-17(15-31-18-8-2-1-3-9-18)26-25(27-23)32-16-24(30)28-19-10-4-6-12-21(19)33-22-13-7-5-11-20(22)28/h1-14H,15-16H2,(H,26,27,29). The van der Waals surface area contributed by atoms with Crippen molar-refractivity contribution in [2.75, 3.05) is 10.7 Å². The highest BCUT2D eigenvalue weighted by molar-refractivity contribution is 8.00. The van der Waals surface area contributed by atoms with Crippen LogP contribution < -0.4 is 15.2 Å². The molecule has 33 heavy (non-hydrogen) atoms. The topological polar surface area (TPSA) is 75.3 Å². The molecule has 0 saturated carbocycles. The van der Waals surface area contributed by atoms with Gasteiger partial charge in [-0.15, -0.1) is 0 Å². The Balaban J connectivity index is 1.33. The minimum atomic E-state index is -0.281. The number of benzene rings is 3. The van der Waals surface area contributed by atoms with E-state index in [0.29, 0.717) is 16.6 Å². The number of hydrogen-bond acceptors (Lipinski definition) is 6. The van der Waals surface area contributed by atoms with Crippen LogP contribution in [-0.4, -0.2) is 21.6 Å². The maximum Gasteiger partial charge on any atom is 0.251 e. The average Bonchev–Trinajstić information content (AvgIpc) is 2.85. The molecule has 0 aliphatic carbocycles. The summed E-state index contributed by atoms with van der Waals surface area (Å²) in [7, 11) is 0. The molecule has 0 spiro atoms. The highest BCUT2D eigenvalue weighted by Crippen LogP contribution is 2.48. The normalized spacial score (nSPS) is 12.1. The smallest absolute Gasteiger partial charge is 0.251 e. The Labute approximate surface area is 199 Å². The number of rotatable bonds is 6. The SMILES string of the molecule is O=C(CSc1nc(COc2ccccc2)cc(=O)[nH]1)N1c2ccccc2Sc2ccccc21. The van der Waals surface area contributed by atoms with Gasteiger partial charge in [0.05, 0.1) is 22.8 Å². The average molecular weight is 474 g/mol. The largest absolute Gasteiger partial charge is 0.487 e. The number of hydrogen-bond donors (Lipinski definition) is 1. The molecule has 1 aromatic heterocycles. The Morgan fingerprint density at radius 1 is 0.939 bits per heavy atom. The minimum absolute atomic E-state index is 0.0891. The van der Waals surface area contributed by atoms with Gasteiger partial charge in [-0.05, 0) is 36.4 Å². The van der Waals surface area contributed by atoms with Crippen LogP contribution in [-0.2, 0) is 11.4 Å². The molecule has 3 aromatic carbocycles. The molecule has 5 rings (SSSR count). The molecule has 0 saturated heterocycles. The number of para-hydroxylation sites is 3. The Morgan fingerprint density at radius 3 is 2.27 bits per heavy atom. The molecule has 1 aliphatic rings. The van der Waals surface area contributed by atoms with E-state index >= 15 is 0 Å². The predicted octanol–water partition coefficient (Wildman–Crippen LogP) is 5.27. The van der Waals surface area contributed by atoms with E-state index in [1.165, 1.54) is 17.8 Å². The molecule has 6 nitrogen and oxygen atoms in total. The van der Waals surface area contributed by atoms with E-state index in [0.717, 1.165) is 21.2 Å². The van der Waals surface area contributed by atoms with Gasteiger partial charge in [-0.3, -0.25) is 14.5 Å². The van der Waals surface area contributed by atoms with Crippen molar-refractivity contribution in [2.24, 2.45) is 0 Å². The van der Waals surface area contributed by atoms with Gasteiger partial charge >= 0.3 is 0 Å². The number of thioether (sulfide) groups is 1. The van der Waals surface area contributed by atoms with Crippen molar-refractivity contribution in [1.82, 2.24) is 9.97 Å². The van der Waals surface area contributed by atoms with Gasteiger partial charge in [-0.25, -0.2) is 4.98 Å². The monoisotopic (exact) mass is 473 g/mol. The second kappa shape index (κ2) is 9.56. The lowest BCUT2D eigenvalue weighted by atomic mass is 10.2. The van der Waals surface area contributed by atoms with Crippen molar-refractivity contribution in [3.05, 3.63) is 101 Å². The summed E-state index contributed by atoms with van der Waals surface area (Å²) in [5.74, 6) is 0.734. The Morgan fingerprint density at radius 2 is 1.58 bits per heavy atom. The van der Waals surface area contributed by atoms with E-state index in [2.05, 4.69) is 9.97 Å². The number of amides is 1. The molecule has 0 bridgehead atoms. The highest BCUT2D eigenvalue weighted by atomic mass is 32.2. The van der Waals surface area contributed by atoms with Crippen molar-refractivity contribution < 1.29 is 9.53 Å². The molecule has 0 atom stereocenters. The van der Waals surface area contributed by atoms with E-state index in [1.807, 2.05) is 78.9 Å². The first-order chi connectivity index (χ1) is 16.2. The predicted molar refractivity (Wildman–Crippen MR) is 131 cm³/mol. The summed E-state index contributed by atoms with van der Waals surface area (Å²) in [6.45, 7) is 0.166. The maximum absolute atomic E-state index is 13.3. The number of carbonyl (C=O) groups is 1. The lowest BCUT2D eigenvalue weighted by Gasteiger charge is -2.30. The molecular weight excluding hydrogens is 454 g/mol. The molecule has 4 aromatic rings. The quantitative estimate of drug-likeness (QED) is 0.304. The van der Waals surface area contributed by atoms with Gasteiger partial charge in [0, 0.05) is 15.9 Å². The second-order valence-electron chi connectivity index (χ2n) is 7.20. The van der Waals surface area contributed by atoms with Crippen molar-refractivity contribution in [3.63, 3.8) is 0 Å². The van der Waals surface area contributed by atoms with Crippen LogP contribution in [0.3, 0.4) is 0 Å². The van der Waals surface area contributed by atoms with E-state index in [9.17, 15) is 9.59 Å². The molecule has 164 valence electrons. The van der Waals surface area contributed by atoms with E-state index < -0.39 is 0 Å². The van der Waals surface area contributed by atoms with Crippen LogP contribution in [0.1, 0.15) is 5.69 Å². The number of aromatic nitrogens is 2. The molecule has 1 aliphatic heterocycles. The summed E-state index contributed by atoms with van der Waals surface area (Å²) < 4.78 is 5.70. The third-order valence-corrected chi connectivity index (χ3v) is 6.91. The Hall–Kier alpha value is -3.49. The third kappa shape index (κ3) is 4.81. The van der Waals surface area contributed by atoms with E-state index in [-0.39, 0.29) is 23.8 Å². The van der Waals surface area contributed by atoms with Crippen molar-refractivity contribution in [3.8, 4) is 5.75 Å². The van der Waals surface area contributed by atoms with Crippen LogP contribution in [0.15, 0.2) is 105 Å². The summed E-state index contributed by atoms with van der Waals surface area (Å²) in [6, 6.07) is 26.5. The summed E-state index contributed by atoms with van der Waals surface area (Å²) >= 11 is 2.85. The molecule has 2 heterocycles. The Kier molecular flexibility index (Phi) is 6.19. The van der Waals surface area contributed by atoms with Gasteiger partial charge in [-0.2, -0.15) is 0 Å². The van der Waals surface area contributed by atoms with Gasteiger partial charge < -0.3 is 9.72 Å². The lowest BCUT2D eigenvalue weighted by molar-refractivity contribution is -0.115. The lowest BCUT2D eigenvalue weighted by Crippen LogP contribution is -2.30. The maximum atomic E-state index is 13.3. The highest BCUT2D eigenvalue weighted by Gasteiger charge is 2.27. The number of fused-ring (bicyclic) bond motifs is 2. The summed E-state index contributed by atoms with van der Waals surface area (Å²) in [5, 5.41) is 0.385. The van der Waals surface area contributed by atoms with Gasteiger partial charge in [0.1, 0.15) is 12.4 Å².